The molecule has 2 heterocycles. The molecule has 2 aromatic rings. The zero-order chi connectivity index (χ0) is 21.5. The predicted molar refractivity (Wildman–Crippen MR) is 107 cm³/mol. The number of benzene rings is 2. The Kier molecular flexibility index (Phi) is 5.03. The molecule has 1 spiro atoms. The molecule has 0 unspecified atom stereocenters. The van der Waals surface area contributed by atoms with Crippen LogP contribution in [0.5, 0.6) is 11.5 Å². The first-order valence-electron chi connectivity index (χ1n) is 9.48. The van der Waals surface area contributed by atoms with Crippen molar-refractivity contribution < 1.29 is 32.6 Å². The molecular weight excluding hydrogens is 410 g/mol. The highest BCUT2D eigenvalue weighted by atomic mass is 32.2. The van der Waals surface area contributed by atoms with Gasteiger partial charge in [0, 0.05) is 32.0 Å². The minimum Gasteiger partial charge on any atom is -0.497 e. The average molecular weight is 431 g/mol. The predicted octanol–water partition coefficient (Wildman–Crippen LogP) is 2.58. The van der Waals surface area contributed by atoms with Crippen LogP contribution in [0.2, 0.25) is 0 Å². The maximum Gasteiger partial charge on any atom is 0.335 e. The molecule has 4 rings (SSSR count). The maximum absolute atomic E-state index is 12.9. The minimum absolute atomic E-state index is 0.0229. The van der Waals surface area contributed by atoms with Gasteiger partial charge in [-0.2, -0.15) is 4.31 Å². The van der Waals surface area contributed by atoms with Crippen molar-refractivity contribution in [3.63, 3.8) is 0 Å². The van der Waals surface area contributed by atoms with Gasteiger partial charge in [0.25, 0.3) is 0 Å². The van der Waals surface area contributed by atoms with Crippen LogP contribution in [0.25, 0.3) is 0 Å². The number of ketones is 1. The maximum atomic E-state index is 12.9. The van der Waals surface area contributed by atoms with Crippen LogP contribution in [-0.2, 0) is 10.0 Å². The Bertz CT molecular complexity index is 1100. The molecule has 8 nitrogen and oxygen atoms in total. The van der Waals surface area contributed by atoms with Crippen molar-refractivity contribution in [1.29, 1.82) is 0 Å². The summed E-state index contributed by atoms with van der Waals surface area (Å²) in [4.78, 5) is 23.7. The van der Waals surface area contributed by atoms with Crippen LogP contribution >= 0.6 is 0 Å². The lowest BCUT2D eigenvalue weighted by Gasteiger charge is -2.43. The Morgan fingerprint density at radius 3 is 2.40 bits per heavy atom. The van der Waals surface area contributed by atoms with E-state index in [0.717, 1.165) is 0 Å². The molecule has 0 aromatic heterocycles. The lowest BCUT2D eigenvalue weighted by atomic mass is 9.83. The lowest BCUT2D eigenvalue weighted by molar-refractivity contribution is 0.00576. The fourth-order valence-corrected chi connectivity index (χ4v) is 5.37. The number of rotatable bonds is 4. The Morgan fingerprint density at radius 1 is 1.13 bits per heavy atom. The van der Waals surface area contributed by atoms with Crippen molar-refractivity contribution in [2.45, 2.75) is 29.8 Å². The molecule has 2 aliphatic rings. The summed E-state index contributed by atoms with van der Waals surface area (Å²) in [6, 6.07) is 10.2. The van der Waals surface area contributed by atoms with E-state index in [1.165, 1.54) is 35.7 Å². The number of methoxy groups -OCH3 is 1. The third kappa shape index (κ3) is 3.54. The second-order valence-corrected chi connectivity index (χ2v) is 9.42. The van der Waals surface area contributed by atoms with Crippen molar-refractivity contribution in [1.82, 2.24) is 4.31 Å². The lowest BCUT2D eigenvalue weighted by Crippen LogP contribution is -2.52. The topological polar surface area (TPSA) is 110 Å². The fraction of sp³-hybridized carbons (Fsp3) is 0.333. The third-order valence-corrected chi connectivity index (χ3v) is 7.58. The number of carbonyl (C=O) groups is 2. The normalized spacial score (nSPS) is 18.5. The van der Waals surface area contributed by atoms with Gasteiger partial charge in [0.2, 0.25) is 10.0 Å². The molecule has 0 bridgehead atoms. The van der Waals surface area contributed by atoms with E-state index in [0.29, 0.717) is 29.9 Å². The summed E-state index contributed by atoms with van der Waals surface area (Å²) < 4.78 is 38.6. The monoisotopic (exact) mass is 431 g/mol. The number of hydrogen-bond acceptors (Lipinski definition) is 6. The highest BCUT2D eigenvalue weighted by Crippen LogP contribution is 2.41. The number of ether oxygens (including phenoxy) is 2. The van der Waals surface area contributed by atoms with Crippen molar-refractivity contribution in [2.24, 2.45) is 0 Å². The standard InChI is InChI=1S/C21H21NO7S/c1-28-15-4-7-17-18(23)13-21(29-19(17)12-15)8-10-22(11-9-21)30(26,27)16-5-2-14(3-6-16)20(24)25/h2-7,12H,8-11,13H2,1H3,(H,24,25). The molecule has 1 N–H and O–H groups in total. The molecule has 30 heavy (non-hydrogen) atoms. The van der Waals surface area contributed by atoms with Gasteiger partial charge in [0.15, 0.2) is 5.78 Å². The van der Waals surface area contributed by atoms with Gasteiger partial charge in [0.05, 0.1) is 29.6 Å². The van der Waals surface area contributed by atoms with E-state index in [1.54, 1.807) is 18.2 Å². The zero-order valence-corrected chi connectivity index (χ0v) is 17.1. The highest BCUT2D eigenvalue weighted by Gasteiger charge is 2.45. The van der Waals surface area contributed by atoms with Gasteiger partial charge in [-0.1, -0.05) is 0 Å². The summed E-state index contributed by atoms with van der Waals surface area (Å²) in [6.45, 7) is 0.408. The molecule has 0 aliphatic carbocycles. The van der Waals surface area contributed by atoms with E-state index in [9.17, 15) is 18.0 Å². The molecule has 0 radical (unpaired) electrons. The van der Waals surface area contributed by atoms with Crippen LogP contribution in [0, 0.1) is 0 Å². The number of aromatic carboxylic acids is 1. The van der Waals surface area contributed by atoms with Crippen LogP contribution < -0.4 is 9.47 Å². The second kappa shape index (κ2) is 7.41. The van der Waals surface area contributed by atoms with Gasteiger partial charge in [-0.3, -0.25) is 4.79 Å². The highest BCUT2D eigenvalue weighted by molar-refractivity contribution is 7.89. The van der Waals surface area contributed by atoms with E-state index < -0.39 is 21.6 Å². The molecule has 0 atom stereocenters. The largest absolute Gasteiger partial charge is 0.497 e. The molecule has 1 fully saturated rings. The summed E-state index contributed by atoms with van der Waals surface area (Å²) in [5.74, 6) is -0.0936. The molecule has 1 saturated heterocycles. The Labute approximate surface area is 174 Å². The quantitative estimate of drug-likeness (QED) is 0.792. The van der Waals surface area contributed by atoms with Crippen LogP contribution in [0.3, 0.4) is 0 Å². The van der Waals surface area contributed by atoms with Gasteiger partial charge in [-0.15, -0.1) is 0 Å². The molecule has 2 aromatic carbocycles. The van der Waals surface area contributed by atoms with E-state index in [1.807, 2.05) is 0 Å². The van der Waals surface area contributed by atoms with Gasteiger partial charge < -0.3 is 14.6 Å². The SMILES string of the molecule is COc1ccc2c(c1)OC1(CCN(S(=O)(=O)c3ccc(C(=O)O)cc3)CC1)CC2=O. The van der Waals surface area contributed by atoms with Crippen LogP contribution in [0.4, 0.5) is 0 Å². The minimum atomic E-state index is -3.76. The molecular formula is C21H21NO7S. The van der Waals surface area contributed by atoms with Crippen LogP contribution in [-0.4, -0.2) is 55.4 Å². The molecule has 0 amide bonds. The first-order valence-corrected chi connectivity index (χ1v) is 10.9. The number of carboxylic acid groups (broad SMARTS) is 1. The summed E-state index contributed by atoms with van der Waals surface area (Å²) >= 11 is 0. The number of Topliss-reactive ketones (excluding diaryl/α,β-unsaturated/α-hetero) is 1. The van der Waals surface area contributed by atoms with Gasteiger partial charge in [0.1, 0.15) is 17.1 Å². The first-order chi connectivity index (χ1) is 14.2. The average Bonchev–Trinajstić information content (AvgIpc) is 2.73. The van der Waals surface area contributed by atoms with Gasteiger partial charge >= 0.3 is 5.97 Å². The fourth-order valence-electron chi connectivity index (χ4n) is 3.93. The number of carboxylic acids is 1. The van der Waals surface area contributed by atoms with Gasteiger partial charge in [-0.25, -0.2) is 13.2 Å². The summed E-state index contributed by atoms with van der Waals surface area (Å²) in [5.41, 5.74) is -0.208. The number of nitrogens with zero attached hydrogens (tertiary/aromatic N) is 1. The second-order valence-electron chi connectivity index (χ2n) is 7.48. The third-order valence-electron chi connectivity index (χ3n) is 5.67. The number of hydrogen-bond donors (Lipinski definition) is 1. The van der Waals surface area contributed by atoms with E-state index >= 15 is 0 Å². The summed E-state index contributed by atoms with van der Waals surface area (Å²) in [7, 11) is -2.23. The van der Waals surface area contributed by atoms with E-state index in [-0.39, 0.29) is 35.8 Å². The Hall–Kier alpha value is -2.91. The van der Waals surface area contributed by atoms with Gasteiger partial charge in [-0.05, 0) is 36.4 Å². The first kappa shape index (κ1) is 20.4. The van der Waals surface area contributed by atoms with Crippen LogP contribution in [0.1, 0.15) is 40.0 Å². The van der Waals surface area contributed by atoms with E-state index in [2.05, 4.69) is 0 Å². The smallest absolute Gasteiger partial charge is 0.335 e. The summed E-state index contributed by atoms with van der Waals surface area (Å²) in [6.07, 6.45) is 0.956. The molecule has 0 saturated carbocycles. The molecule has 158 valence electrons. The Morgan fingerprint density at radius 2 is 1.80 bits per heavy atom. The van der Waals surface area contributed by atoms with Crippen molar-refractivity contribution >= 4 is 21.8 Å². The van der Waals surface area contributed by atoms with Crippen molar-refractivity contribution in [3.8, 4) is 11.5 Å². The summed E-state index contributed by atoms with van der Waals surface area (Å²) in [5, 5.41) is 8.98. The van der Waals surface area contributed by atoms with Crippen LogP contribution in [0.15, 0.2) is 47.4 Å². The number of piperidine rings is 1. The number of carbonyl (C=O) groups excluding carboxylic acids is 1. The molecule has 2 aliphatic heterocycles. The van der Waals surface area contributed by atoms with E-state index in [4.69, 9.17) is 14.6 Å². The number of fused-ring (bicyclic) bond motifs is 1. The number of sulfonamides is 1. The zero-order valence-electron chi connectivity index (χ0n) is 16.3. The van der Waals surface area contributed by atoms with Crippen molar-refractivity contribution in [2.75, 3.05) is 20.2 Å². The van der Waals surface area contributed by atoms with Crippen molar-refractivity contribution in [3.05, 3.63) is 53.6 Å². The molecule has 9 heteroatoms. The Balaban J connectivity index is 1.51.